The number of nitrogens with zero attached hydrogens (tertiary/aromatic N) is 1. The third kappa shape index (κ3) is 2.86. The van der Waals surface area contributed by atoms with E-state index in [-0.39, 0.29) is 0 Å². The molecule has 1 aliphatic rings. The van der Waals surface area contributed by atoms with E-state index < -0.39 is 0 Å². The molecule has 1 aliphatic carbocycles. The number of hydrogen-bond acceptors (Lipinski definition) is 4. The maximum absolute atomic E-state index is 5.97. The third-order valence-electron chi connectivity index (χ3n) is 3.70. The van der Waals surface area contributed by atoms with E-state index in [0.717, 1.165) is 23.7 Å². The van der Waals surface area contributed by atoms with Gasteiger partial charge in [0.15, 0.2) is 0 Å². The van der Waals surface area contributed by atoms with Crippen molar-refractivity contribution in [3.05, 3.63) is 45.9 Å². The van der Waals surface area contributed by atoms with E-state index in [2.05, 4.69) is 35.4 Å². The van der Waals surface area contributed by atoms with Gasteiger partial charge in [0.1, 0.15) is 17.4 Å². The van der Waals surface area contributed by atoms with Gasteiger partial charge in [-0.1, -0.05) is 19.1 Å². The summed E-state index contributed by atoms with van der Waals surface area (Å²) >= 11 is 1.64. The quantitative estimate of drug-likeness (QED) is 0.880. The summed E-state index contributed by atoms with van der Waals surface area (Å²) in [7, 11) is 0. The molecule has 3 nitrogen and oxygen atoms in total. The number of rotatable bonds is 6. The SMILES string of the molecule is CCCNC1CCc2c(OCc3nccs3)cccc21. The van der Waals surface area contributed by atoms with Crippen molar-refractivity contribution in [1.29, 1.82) is 0 Å². The van der Waals surface area contributed by atoms with E-state index in [4.69, 9.17) is 4.74 Å². The number of nitrogens with one attached hydrogen (secondary N) is 1. The van der Waals surface area contributed by atoms with Gasteiger partial charge < -0.3 is 10.1 Å². The molecule has 1 aromatic carbocycles. The minimum Gasteiger partial charge on any atom is -0.486 e. The van der Waals surface area contributed by atoms with E-state index in [9.17, 15) is 0 Å². The van der Waals surface area contributed by atoms with Crippen LogP contribution in [0.15, 0.2) is 29.8 Å². The van der Waals surface area contributed by atoms with Crippen LogP contribution in [0.1, 0.15) is 41.9 Å². The predicted molar refractivity (Wildman–Crippen MR) is 82.2 cm³/mol. The Hall–Kier alpha value is -1.39. The van der Waals surface area contributed by atoms with Crippen LogP contribution < -0.4 is 10.1 Å². The molecule has 1 aromatic heterocycles. The summed E-state index contributed by atoms with van der Waals surface area (Å²) in [6, 6.07) is 6.90. The van der Waals surface area contributed by atoms with Crippen molar-refractivity contribution in [2.45, 2.75) is 38.8 Å². The van der Waals surface area contributed by atoms with Gasteiger partial charge >= 0.3 is 0 Å². The lowest BCUT2D eigenvalue weighted by Gasteiger charge is -2.14. The fourth-order valence-corrected chi connectivity index (χ4v) is 3.28. The first-order valence-electron chi connectivity index (χ1n) is 7.25. The van der Waals surface area contributed by atoms with Crippen molar-refractivity contribution in [1.82, 2.24) is 10.3 Å². The topological polar surface area (TPSA) is 34.1 Å². The normalized spacial score (nSPS) is 17.1. The minimum absolute atomic E-state index is 0.494. The highest BCUT2D eigenvalue weighted by Gasteiger charge is 2.24. The summed E-state index contributed by atoms with van der Waals surface area (Å²) in [6.07, 6.45) is 5.27. The average Bonchev–Trinajstić information content (AvgIpc) is 3.12. The molecule has 106 valence electrons. The summed E-state index contributed by atoms with van der Waals surface area (Å²) in [4.78, 5) is 4.26. The van der Waals surface area contributed by atoms with Gasteiger partial charge in [0.2, 0.25) is 0 Å². The van der Waals surface area contributed by atoms with Gasteiger partial charge in [-0.05, 0) is 43.0 Å². The zero-order valence-corrected chi connectivity index (χ0v) is 12.6. The molecule has 0 saturated heterocycles. The molecule has 0 fully saturated rings. The largest absolute Gasteiger partial charge is 0.486 e. The summed E-state index contributed by atoms with van der Waals surface area (Å²) in [5.74, 6) is 1.03. The second kappa shape index (κ2) is 6.37. The number of hydrogen-bond donors (Lipinski definition) is 1. The average molecular weight is 288 g/mol. The molecular formula is C16H20N2OS. The Morgan fingerprint density at radius 3 is 3.20 bits per heavy atom. The van der Waals surface area contributed by atoms with Crippen molar-refractivity contribution in [3.63, 3.8) is 0 Å². The molecule has 1 unspecified atom stereocenters. The molecule has 0 amide bonds. The van der Waals surface area contributed by atoms with Crippen LogP contribution in [0.25, 0.3) is 0 Å². The van der Waals surface area contributed by atoms with Crippen LogP contribution >= 0.6 is 11.3 Å². The van der Waals surface area contributed by atoms with Gasteiger partial charge in [0, 0.05) is 17.6 Å². The molecule has 0 spiro atoms. The molecular weight excluding hydrogens is 268 g/mol. The Kier molecular flexibility index (Phi) is 4.33. The first kappa shape index (κ1) is 13.6. The molecule has 1 atom stereocenters. The smallest absolute Gasteiger partial charge is 0.140 e. The van der Waals surface area contributed by atoms with Crippen molar-refractivity contribution in [2.75, 3.05) is 6.54 Å². The van der Waals surface area contributed by atoms with Crippen LogP contribution in [0.3, 0.4) is 0 Å². The standard InChI is InChI=1S/C16H20N2OS/c1-2-8-17-14-7-6-13-12(14)4-3-5-15(13)19-11-16-18-9-10-20-16/h3-5,9-10,14,17H,2,6-8,11H2,1H3. The maximum atomic E-state index is 5.97. The predicted octanol–water partition coefficient (Wildman–Crippen LogP) is 3.71. The lowest BCUT2D eigenvalue weighted by atomic mass is 10.1. The molecule has 0 radical (unpaired) electrons. The van der Waals surface area contributed by atoms with Gasteiger partial charge in [-0.15, -0.1) is 11.3 Å². The lowest BCUT2D eigenvalue weighted by molar-refractivity contribution is 0.302. The fourth-order valence-electron chi connectivity index (χ4n) is 2.75. The third-order valence-corrected chi connectivity index (χ3v) is 4.46. The molecule has 1 heterocycles. The zero-order valence-electron chi connectivity index (χ0n) is 11.8. The highest BCUT2D eigenvalue weighted by molar-refractivity contribution is 7.09. The molecule has 4 heteroatoms. The highest BCUT2D eigenvalue weighted by Crippen LogP contribution is 2.37. The van der Waals surface area contributed by atoms with Crippen LogP contribution in [0.4, 0.5) is 0 Å². The molecule has 0 bridgehead atoms. The van der Waals surface area contributed by atoms with Crippen molar-refractivity contribution < 1.29 is 4.74 Å². The van der Waals surface area contributed by atoms with E-state index in [1.54, 1.807) is 11.3 Å². The molecule has 0 saturated carbocycles. The summed E-state index contributed by atoms with van der Waals surface area (Å²) in [5, 5.41) is 6.63. The Balaban J connectivity index is 1.72. The van der Waals surface area contributed by atoms with Gasteiger partial charge in [0.25, 0.3) is 0 Å². The Morgan fingerprint density at radius 1 is 1.45 bits per heavy atom. The molecule has 2 aromatic rings. The second-order valence-corrected chi connectivity index (χ2v) is 6.06. The maximum Gasteiger partial charge on any atom is 0.140 e. The first-order valence-corrected chi connectivity index (χ1v) is 8.12. The molecule has 20 heavy (non-hydrogen) atoms. The van der Waals surface area contributed by atoms with Gasteiger partial charge in [-0.2, -0.15) is 0 Å². The number of fused-ring (bicyclic) bond motifs is 1. The summed E-state index contributed by atoms with van der Waals surface area (Å²) in [5.41, 5.74) is 2.78. The summed E-state index contributed by atoms with van der Waals surface area (Å²) < 4.78 is 5.97. The van der Waals surface area contributed by atoms with Crippen LogP contribution in [-0.2, 0) is 13.0 Å². The number of benzene rings is 1. The second-order valence-electron chi connectivity index (χ2n) is 5.08. The molecule has 1 N–H and O–H groups in total. The molecule has 0 aliphatic heterocycles. The van der Waals surface area contributed by atoms with E-state index in [0.29, 0.717) is 12.6 Å². The minimum atomic E-state index is 0.494. The van der Waals surface area contributed by atoms with Crippen LogP contribution in [0.2, 0.25) is 0 Å². The van der Waals surface area contributed by atoms with Crippen LogP contribution in [0.5, 0.6) is 5.75 Å². The first-order chi connectivity index (χ1) is 9.88. The van der Waals surface area contributed by atoms with E-state index >= 15 is 0 Å². The van der Waals surface area contributed by atoms with Crippen molar-refractivity contribution in [3.8, 4) is 5.75 Å². The van der Waals surface area contributed by atoms with E-state index in [1.807, 2.05) is 11.6 Å². The zero-order chi connectivity index (χ0) is 13.8. The number of aromatic nitrogens is 1. The van der Waals surface area contributed by atoms with Crippen molar-refractivity contribution in [2.24, 2.45) is 0 Å². The fraction of sp³-hybridized carbons (Fsp3) is 0.438. The van der Waals surface area contributed by atoms with Gasteiger partial charge in [0.05, 0.1) is 0 Å². The van der Waals surface area contributed by atoms with Gasteiger partial charge in [-0.3, -0.25) is 0 Å². The van der Waals surface area contributed by atoms with Crippen molar-refractivity contribution >= 4 is 11.3 Å². The number of thiazole rings is 1. The Morgan fingerprint density at radius 2 is 2.40 bits per heavy atom. The number of ether oxygens (including phenoxy) is 1. The Labute approximate surface area is 124 Å². The van der Waals surface area contributed by atoms with Crippen LogP contribution in [-0.4, -0.2) is 11.5 Å². The van der Waals surface area contributed by atoms with Crippen LogP contribution in [0, 0.1) is 0 Å². The van der Waals surface area contributed by atoms with Gasteiger partial charge in [-0.25, -0.2) is 4.98 Å². The monoisotopic (exact) mass is 288 g/mol. The lowest BCUT2D eigenvalue weighted by Crippen LogP contribution is -2.19. The summed E-state index contributed by atoms with van der Waals surface area (Å²) in [6.45, 7) is 3.85. The highest BCUT2D eigenvalue weighted by atomic mass is 32.1. The Bertz CT molecular complexity index is 554. The van der Waals surface area contributed by atoms with E-state index in [1.165, 1.54) is 24.0 Å². The molecule has 3 rings (SSSR count).